The molecule has 2 radical (unpaired) electrons. The molecule has 26 heavy (non-hydrogen) atoms. The zero-order valence-electron chi connectivity index (χ0n) is 18.7. The standard InChI is InChI=1S/C24H50O.Ba/c1-3-5-7-9-11-13-15-17-19-21-23-25-24-22-20-18-16-14-12-10-8-6-4-2;/h3-24H2,1-2H3;. The maximum atomic E-state index is 5.78. The normalized spacial score (nSPS) is 10.8. The zero-order chi connectivity index (χ0) is 18.3. The van der Waals surface area contributed by atoms with Crippen LogP contribution in [0.25, 0.3) is 0 Å². The van der Waals surface area contributed by atoms with Crippen molar-refractivity contribution in [2.24, 2.45) is 0 Å². The van der Waals surface area contributed by atoms with E-state index < -0.39 is 0 Å². The van der Waals surface area contributed by atoms with E-state index in [4.69, 9.17) is 4.74 Å². The predicted octanol–water partition coefficient (Wildman–Crippen LogP) is 8.46. The average molecular weight is 492 g/mol. The molecular formula is C24H50BaO. The second-order valence-corrected chi connectivity index (χ2v) is 7.98. The number of hydrogen-bond acceptors (Lipinski definition) is 1. The van der Waals surface area contributed by atoms with Crippen molar-refractivity contribution in [2.75, 3.05) is 13.2 Å². The van der Waals surface area contributed by atoms with Gasteiger partial charge in [0.1, 0.15) is 0 Å². The summed E-state index contributed by atoms with van der Waals surface area (Å²) in [6.45, 7) is 6.57. The summed E-state index contributed by atoms with van der Waals surface area (Å²) in [5.41, 5.74) is 0. The van der Waals surface area contributed by atoms with Crippen LogP contribution < -0.4 is 0 Å². The molecule has 154 valence electrons. The molecule has 0 fully saturated rings. The molecule has 0 heterocycles. The van der Waals surface area contributed by atoms with Gasteiger partial charge in [-0.1, -0.05) is 129 Å². The van der Waals surface area contributed by atoms with Crippen molar-refractivity contribution in [3.63, 3.8) is 0 Å². The first-order valence-corrected chi connectivity index (χ1v) is 12.0. The minimum atomic E-state index is 0. The van der Waals surface area contributed by atoms with Crippen LogP contribution in [0.2, 0.25) is 0 Å². The third-order valence-corrected chi connectivity index (χ3v) is 5.28. The van der Waals surface area contributed by atoms with Crippen LogP contribution in [0.15, 0.2) is 0 Å². The van der Waals surface area contributed by atoms with Crippen LogP contribution in [0.5, 0.6) is 0 Å². The van der Waals surface area contributed by atoms with E-state index in [-0.39, 0.29) is 48.9 Å². The first kappa shape index (κ1) is 29.7. The minimum Gasteiger partial charge on any atom is -0.381 e. The molecule has 0 rings (SSSR count). The molecule has 0 aromatic heterocycles. The van der Waals surface area contributed by atoms with Crippen molar-refractivity contribution >= 4 is 48.9 Å². The Morgan fingerprint density at radius 3 is 0.846 bits per heavy atom. The Morgan fingerprint density at radius 2 is 0.577 bits per heavy atom. The van der Waals surface area contributed by atoms with Crippen molar-refractivity contribution < 1.29 is 4.74 Å². The van der Waals surface area contributed by atoms with Crippen LogP contribution >= 0.6 is 0 Å². The number of rotatable bonds is 22. The van der Waals surface area contributed by atoms with Gasteiger partial charge in [-0.3, -0.25) is 0 Å². The van der Waals surface area contributed by atoms with Gasteiger partial charge in [0.05, 0.1) is 0 Å². The maximum absolute atomic E-state index is 5.78. The van der Waals surface area contributed by atoms with Crippen LogP contribution in [-0.4, -0.2) is 62.1 Å². The van der Waals surface area contributed by atoms with E-state index in [1.807, 2.05) is 0 Å². The molecule has 0 saturated heterocycles. The van der Waals surface area contributed by atoms with Crippen molar-refractivity contribution in [2.45, 2.75) is 142 Å². The van der Waals surface area contributed by atoms with E-state index in [2.05, 4.69) is 13.8 Å². The zero-order valence-corrected chi connectivity index (χ0v) is 23.1. The first-order chi connectivity index (χ1) is 12.4. The first-order valence-electron chi connectivity index (χ1n) is 12.0. The molecule has 0 bridgehead atoms. The third-order valence-electron chi connectivity index (χ3n) is 5.28. The molecule has 0 aromatic carbocycles. The number of hydrogen-bond donors (Lipinski definition) is 0. The molecule has 0 aliphatic heterocycles. The Labute approximate surface area is 207 Å². The van der Waals surface area contributed by atoms with Crippen LogP contribution in [0, 0.1) is 0 Å². The van der Waals surface area contributed by atoms with Crippen molar-refractivity contribution in [1.29, 1.82) is 0 Å². The fourth-order valence-corrected chi connectivity index (χ4v) is 3.49. The summed E-state index contributed by atoms with van der Waals surface area (Å²) in [6, 6.07) is 0. The van der Waals surface area contributed by atoms with Crippen LogP contribution in [0.4, 0.5) is 0 Å². The van der Waals surface area contributed by atoms with E-state index in [0.29, 0.717) is 0 Å². The average Bonchev–Trinajstić information content (AvgIpc) is 2.63. The summed E-state index contributed by atoms with van der Waals surface area (Å²) < 4.78 is 5.78. The van der Waals surface area contributed by atoms with Gasteiger partial charge in [0.15, 0.2) is 0 Å². The summed E-state index contributed by atoms with van der Waals surface area (Å²) in [6.07, 6.45) is 28.2. The van der Waals surface area contributed by atoms with Crippen LogP contribution in [-0.2, 0) is 4.74 Å². The molecule has 0 amide bonds. The Hall–Kier alpha value is 1.53. The van der Waals surface area contributed by atoms with E-state index in [1.165, 1.54) is 128 Å². The fourth-order valence-electron chi connectivity index (χ4n) is 3.49. The molecule has 2 heteroatoms. The van der Waals surface area contributed by atoms with Gasteiger partial charge < -0.3 is 4.74 Å². The molecule has 0 aromatic rings. The Kier molecular flexibility index (Phi) is 32.9. The van der Waals surface area contributed by atoms with E-state index >= 15 is 0 Å². The van der Waals surface area contributed by atoms with E-state index in [9.17, 15) is 0 Å². The summed E-state index contributed by atoms with van der Waals surface area (Å²) >= 11 is 0. The molecular weight excluding hydrogens is 442 g/mol. The second-order valence-electron chi connectivity index (χ2n) is 7.98. The molecule has 0 aliphatic rings. The smallest absolute Gasteiger partial charge is 0.0466 e. The Morgan fingerprint density at radius 1 is 0.346 bits per heavy atom. The molecule has 0 atom stereocenters. The monoisotopic (exact) mass is 492 g/mol. The summed E-state index contributed by atoms with van der Waals surface area (Å²) in [5.74, 6) is 0. The molecule has 0 N–H and O–H groups in total. The topological polar surface area (TPSA) is 9.23 Å². The van der Waals surface area contributed by atoms with Crippen molar-refractivity contribution in [1.82, 2.24) is 0 Å². The van der Waals surface area contributed by atoms with Crippen molar-refractivity contribution in [3.8, 4) is 0 Å². The fraction of sp³-hybridized carbons (Fsp3) is 1.00. The minimum absolute atomic E-state index is 0. The van der Waals surface area contributed by atoms with E-state index in [0.717, 1.165) is 13.2 Å². The summed E-state index contributed by atoms with van der Waals surface area (Å²) in [7, 11) is 0. The Bertz CT molecular complexity index is 198. The van der Waals surface area contributed by atoms with Gasteiger partial charge in [-0.2, -0.15) is 0 Å². The van der Waals surface area contributed by atoms with E-state index in [1.54, 1.807) is 0 Å². The quantitative estimate of drug-likeness (QED) is 0.109. The van der Waals surface area contributed by atoms with Gasteiger partial charge in [-0.25, -0.2) is 0 Å². The van der Waals surface area contributed by atoms with Crippen LogP contribution in [0.3, 0.4) is 0 Å². The van der Waals surface area contributed by atoms with Crippen molar-refractivity contribution in [3.05, 3.63) is 0 Å². The molecule has 0 saturated carbocycles. The number of unbranched alkanes of at least 4 members (excludes halogenated alkanes) is 18. The molecule has 0 aliphatic carbocycles. The van der Waals surface area contributed by atoms with Crippen LogP contribution in [0.1, 0.15) is 142 Å². The summed E-state index contributed by atoms with van der Waals surface area (Å²) in [4.78, 5) is 0. The predicted molar refractivity (Wildman–Crippen MR) is 120 cm³/mol. The Balaban J connectivity index is 0. The molecule has 0 spiro atoms. The van der Waals surface area contributed by atoms with Gasteiger partial charge in [0, 0.05) is 62.1 Å². The summed E-state index contributed by atoms with van der Waals surface area (Å²) in [5, 5.41) is 0. The van der Waals surface area contributed by atoms with Gasteiger partial charge >= 0.3 is 0 Å². The van der Waals surface area contributed by atoms with Gasteiger partial charge in [0.25, 0.3) is 0 Å². The maximum Gasteiger partial charge on any atom is 0.0466 e. The second kappa shape index (κ2) is 28.7. The van der Waals surface area contributed by atoms with Gasteiger partial charge in [0.2, 0.25) is 0 Å². The van der Waals surface area contributed by atoms with Gasteiger partial charge in [-0.05, 0) is 12.8 Å². The SMILES string of the molecule is CCCCCCCCCCCCOCCCCCCCCCCCC.[Ba]. The van der Waals surface area contributed by atoms with Gasteiger partial charge in [-0.15, -0.1) is 0 Å². The largest absolute Gasteiger partial charge is 0.381 e. The third kappa shape index (κ3) is 27.7. The number of ether oxygens (including phenoxy) is 1. The molecule has 0 unspecified atom stereocenters. The molecule has 1 nitrogen and oxygen atoms in total.